The molecule has 0 aliphatic heterocycles. The van der Waals surface area contributed by atoms with E-state index in [1.165, 1.54) is 52.0 Å². The molecule has 0 radical (unpaired) electrons. The maximum Gasteiger partial charge on any atom is 1.00 e. The second-order valence-corrected chi connectivity index (χ2v) is 17.7. The van der Waals surface area contributed by atoms with E-state index in [0.29, 0.717) is 37.9 Å². The number of esters is 7. The van der Waals surface area contributed by atoms with E-state index in [0.717, 1.165) is 12.8 Å². The second kappa shape index (κ2) is 48.8. The fourth-order valence-corrected chi connectivity index (χ4v) is 5.62. The number of allylic oxidation sites excluding steroid dienone is 3. The van der Waals surface area contributed by atoms with Gasteiger partial charge >= 0.3 is 99.1 Å². The fourth-order valence-electron chi connectivity index (χ4n) is 5.53. The third kappa shape index (κ3) is 39.9. The van der Waals surface area contributed by atoms with E-state index < -0.39 is 47.2 Å². The Morgan fingerprint density at radius 3 is 1.26 bits per heavy atom. The number of halogens is 3. The van der Waals surface area contributed by atoms with Gasteiger partial charge in [0.2, 0.25) is 5.24 Å². The number of aromatic carboxylic acids is 1. The summed E-state index contributed by atoms with van der Waals surface area (Å²) in [7, 11) is 0. The molecule has 4 aromatic carbocycles. The topological polar surface area (TPSA) is 308 Å². The molecule has 4 aromatic rings. The molecule has 84 heavy (non-hydrogen) atoms. The third-order valence-electron chi connectivity index (χ3n) is 9.16. The summed E-state index contributed by atoms with van der Waals surface area (Å²) in [4.78, 5) is 123. The number of carbonyl (C=O) groups is 11. The smallest absolute Gasteiger partial charge is 1.00 e. The Morgan fingerprint density at radius 1 is 0.560 bits per heavy atom. The number of benzene rings is 4. The van der Waals surface area contributed by atoms with Crippen LogP contribution in [0.3, 0.4) is 0 Å². The average Bonchev–Trinajstić information content (AvgIpc) is 3.53. The van der Waals surface area contributed by atoms with E-state index in [1.54, 1.807) is 106 Å². The molecule has 0 fully saturated rings. The molecule has 0 spiro atoms. The molecule has 0 aromatic heterocycles. The summed E-state index contributed by atoms with van der Waals surface area (Å²) in [5, 5.41) is 22.3. The Labute approximate surface area is 555 Å². The Kier molecular flexibility index (Phi) is 48.8. The number of para-hydroxylation sites is 4. The van der Waals surface area contributed by atoms with Crippen molar-refractivity contribution in [2.75, 3.05) is 26.3 Å². The number of ether oxygens (including phenoxy) is 6. The zero-order valence-electron chi connectivity index (χ0n) is 49.6. The molecule has 21 nitrogen and oxygen atoms in total. The number of carbonyl (C=O) groups excluding carboxylic acids is 10. The number of nitrogens with one attached hydrogen (secondary N) is 2. The molecule has 0 aliphatic carbocycles. The van der Waals surface area contributed by atoms with Crippen LogP contribution in [0.25, 0.3) is 0 Å². The van der Waals surface area contributed by atoms with Crippen molar-refractivity contribution in [1.29, 1.82) is 0 Å². The minimum Gasteiger partial charge on any atom is -1.00 e. The van der Waals surface area contributed by atoms with E-state index >= 15 is 0 Å². The molecule has 458 valence electrons. The van der Waals surface area contributed by atoms with Gasteiger partial charge in [-0.2, -0.15) is 0 Å². The molecule has 4 N–H and O–H groups in total. The molecule has 25 heteroatoms. The van der Waals surface area contributed by atoms with Crippen molar-refractivity contribution in [3.8, 4) is 23.0 Å². The van der Waals surface area contributed by atoms with Gasteiger partial charge in [0.05, 0.1) is 29.6 Å². The van der Waals surface area contributed by atoms with E-state index in [9.17, 15) is 52.7 Å². The zero-order valence-corrected chi connectivity index (χ0v) is 54.9. The minimum atomic E-state index is -1.11. The molecule has 0 saturated carbocycles. The van der Waals surface area contributed by atoms with Crippen LogP contribution in [0.5, 0.6) is 23.0 Å². The number of hydrogen-bond acceptors (Lipinski definition) is 18. The Bertz CT molecular complexity index is 2820. The van der Waals surface area contributed by atoms with Crippen molar-refractivity contribution >= 4 is 100 Å². The first kappa shape index (κ1) is 83.9. The van der Waals surface area contributed by atoms with Crippen LogP contribution >= 0.6 is 35.6 Å². The number of hydrogen-bond donors (Lipinski definition) is 4. The van der Waals surface area contributed by atoms with E-state index in [4.69, 9.17) is 45.5 Å². The first-order chi connectivity index (χ1) is 38.3. The first-order valence-electron chi connectivity index (χ1n) is 25.2. The van der Waals surface area contributed by atoms with Crippen LogP contribution in [0.4, 0.5) is 4.70 Å². The van der Waals surface area contributed by atoms with Crippen molar-refractivity contribution < 1.29 is 150 Å². The Hall–Kier alpha value is -6.52. The van der Waals surface area contributed by atoms with Gasteiger partial charge in [-0.3, -0.25) is 47.9 Å². The fraction of sp³-hybridized carbons (Fsp3) is 0.339. The number of rotatable bonds is 21. The summed E-state index contributed by atoms with van der Waals surface area (Å²) < 4.78 is 29.3. The number of carboxylic acids is 1. The molecular formula is C59H76ClFIKN2O19. The van der Waals surface area contributed by atoms with Gasteiger partial charge in [0.15, 0.2) is 0 Å². The Balaban J connectivity index is -0.000000237. The van der Waals surface area contributed by atoms with Crippen molar-refractivity contribution in [2.24, 2.45) is 5.41 Å². The molecule has 4 rings (SSSR count). The van der Waals surface area contributed by atoms with Crippen LogP contribution in [-0.4, -0.2) is 101 Å². The van der Waals surface area contributed by atoms with Gasteiger partial charge in [0.25, 0.3) is 11.8 Å². The summed E-state index contributed by atoms with van der Waals surface area (Å²) >= 11 is 5.02. The molecule has 0 bridgehead atoms. The molecular weight excluding hydrogens is 1260 g/mol. The minimum absolute atomic E-state index is 0. The largest absolute Gasteiger partial charge is 1.00 e. The van der Waals surface area contributed by atoms with E-state index in [1.807, 2.05) is 26.0 Å². The van der Waals surface area contributed by atoms with Gasteiger partial charge in [-0.05, 0) is 107 Å². The molecule has 2 amide bonds. The standard InChI is InChI=1S/C18H23NO5.C14H16O5.C12H15NO4.C9H8O4.C6H9ClO.FH.HI.K.H2.H/c1-3-4-5-11-17(21)23-13-8-12-19-18(22)15-9-6-7-10-16(15)24-14(2)20;1-9(15)18-11-8-6-5-7-10(11)12(16)19-13(17)14(2,3)4;1-9(15)17-11-6-3-2-5-10(11)12(16)13-7-4-8-14;1-6(10)13-8-5-3-2-4-7(8)9(11)12;1-2-3-4-5-6(7)8;;;;;/h4-7,9-10H,3,8,11-13H2,1-2H3,(H,19,22);5-8H,1-4H3;2-3,5-6,14H,4,7-8H2,1H3,(H,13,16);2-5H,1H3,(H,11,12);3-4H,2,5H2,1H3;2*1H;;1H;/q;;;;;;;+1;;-1/b5-4-;;;;4-3-;;;;;. The number of aliphatic hydroxyl groups excluding tert-OH is 1. The predicted molar refractivity (Wildman–Crippen MR) is 320 cm³/mol. The molecule has 0 atom stereocenters. The maximum absolute atomic E-state index is 12.1. The van der Waals surface area contributed by atoms with Gasteiger partial charge in [-0.1, -0.05) is 86.7 Å². The van der Waals surface area contributed by atoms with Crippen LogP contribution in [0.15, 0.2) is 121 Å². The summed E-state index contributed by atoms with van der Waals surface area (Å²) in [5.74, 6) is -4.99. The van der Waals surface area contributed by atoms with Crippen LogP contribution < -0.4 is 81.0 Å². The average molecular weight is 1340 g/mol. The van der Waals surface area contributed by atoms with Gasteiger partial charge in [0.1, 0.15) is 34.1 Å². The molecule has 0 unspecified atom stereocenters. The molecule has 0 saturated heterocycles. The summed E-state index contributed by atoms with van der Waals surface area (Å²) in [6, 6.07) is 25.1. The summed E-state index contributed by atoms with van der Waals surface area (Å²) in [6.07, 6.45) is 10.8. The van der Waals surface area contributed by atoms with Crippen LogP contribution in [0.1, 0.15) is 145 Å². The number of carboxylic acid groups (broad SMARTS) is 1. The van der Waals surface area contributed by atoms with Gasteiger partial charge in [-0.15, -0.1) is 24.0 Å². The number of aliphatic hydroxyl groups is 1. The monoisotopic (exact) mass is 1340 g/mol. The SMILES string of the molecule is CC(=O)Oc1ccccc1C(=O)NCCCO.CC(=O)Oc1ccccc1C(=O)O.CC(=O)Oc1ccccc1C(=O)OC(=O)C(C)(C)C.CC/C=C\CC(=O)Cl.CC/C=C\CC(=O)OCCCNC(=O)c1ccccc1OC(C)=O.F.I.[H-].[HH].[K+]. The van der Waals surface area contributed by atoms with E-state index in [-0.39, 0.29) is 165 Å². The van der Waals surface area contributed by atoms with Gasteiger partial charge < -0.3 is 50.7 Å². The quantitative estimate of drug-likeness (QED) is 0.00933. The molecule has 0 heterocycles. The van der Waals surface area contributed by atoms with Gasteiger partial charge in [0, 0.05) is 55.2 Å². The molecule has 0 aliphatic rings. The van der Waals surface area contributed by atoms with Crippen molar-refractivity contribution in [1.82, 2.24) is 10.6 Å². The third-order valence-corrected chi connectivity index (χ3v) is 9.31. The summed E-state index contributed by atoms with van der Waals surface area (Å²) in [5.41, 5.74) is -0.172. The zero-order chi connectivity index (χ0) is 61.3. The first-order valence-corrected chi connectivity index (χ1v) is 25.6. The van der Waals surface area contributed by atoms with Crippen LogP contribution in [-0.2, 0) is 43.0 Å². The maximum atomic E-state index is 12.1. The Morgan fingerprint density at radius 2 is 0.905 bits per heavy atom. The van der Waals surface area contributed by atoms with Crippen molar-refractivity contribution in [3.63, 3.8) is 0 Å². The van der Waals surface area contributed by atoms with Crippen LogP contribution in [0.2, 0.25) is 0 Å². The van der Waals surface area contributed by atoms with Gasteiger partial charge in [-0.25, -0.2) is 9.59 Å². The van der Waals surface area contributed by atoms with Crippen molar-refractivity contribution in [3.05, 3.63) is 144 Å². The predicted octanol–water partition coefficient (Wildman–Crippen LogP) is 7.25. The van der Waals surface area contributed by atoms with Crippen LogP contribution in [0, 0.1) is 5.41 Å². The van der Waals surface area contributed by atoms with E-state index in [2.05, 4.69) is 15.4 Å². The summed E-state index contributed by atoms with van der Waals surface area (Å²) in [6.45, 7) is 14.9. The number of amides is 2. The normalized spacial score (nSPS) is 9.80. The second-order valence-electron chi connectivity index (χ2n) is 17.3. The van der Waals surface area contributed by atoms with Crippen molar-refractivity contribution in [2.45, 2.75) is 101 Å².